The number of halogens is 1. The SMILES string of the molecule is CCNC(=O)[C@H](CC)N(Cc1cccc(OC)c1)C(=O)CN(c1cccc(Cl)c1C)S(=O)(=O)c1ccccc1. The maximum Gasteiger partial charge on any atom is 0.264 e. The molecule has 0 saturated carbocycles. The lowest BCUT2D eigenvalue weighted by Crippen LogP contribution is -2.52. The van der Waals surface area contributed by atoms with E-state index in [0.29, 0.717) is 29.3 Å². The number of nitrogens with zero attached hydrogens (tertiary/aromatic N) is 2. The number of likely N-dealkylation sites (N-methyl/N-ethyl adjacent to an activating group) is 1. The molecule has 208 valence electrons. The van der Waals surface area contributed by atoms with Gasteiger partial charge in [0.2, 0.25) is 11.8 Å². The van der Waals surface area contributed by atoms with E-state index in [1.165, 1.54) is 17.0 Å². The zero-order valence-corrected chi connectivity index (χ0v) is 24.1. The second kappa shape index (κ2) is 13.5. The fourth-order valence-electron chi connectivity index (χ4n) is 4.28. The number of methoxy groups -OCH3 is 1. The summed E-state index contributed by atoms with van der Waals surface area (Å²) in [6.45, 7) is 5.26. The molecule has 0 aliphatic heterocycles. The van der Waals surface area contributed by atoms with Crippen molar-refractivity contribution in [3.8, 4) is 5.75 Å². The van der Waals surface area contributed by atoms with E-state index < -0.39 is 28.5 Å². The van der Waals surface area contributed by atoms with E-state index in [1.54, 1.807) is 75.6 Å². The number of amides is 2. The molecule has 10 heteroatoms. The second-order valence-electron chi connectivity index (χ2n) is 8.90. The van der Waals surface area contributed by atoms with Crippen LogP contribution in [0.3, 0.4) is 0 Å². The van der Waals surface area contributed by atoms with Gasteiger partial charge in [-0.2, -0.15) is 0 Å². The number of carbonyl (C=O) groups excluding carboxylic acids is 2. The molecule has 0 radical (unpaired) electrons. The molecule has 0 spiro atoms. The van der Waals surface area contributed by atoms with Gasteiger partial charge in [-0.1, -0.05) is 54.9 Å². The van der Waals surface area contributed by atoms with Gasteiger partial charge in [-0.05, 0) is 67.8 Å². The number of anilines is 1. The Morgan fingerprint density at radius 3 is 2.33 bits per heavy atom. The highest BCUT2D eigenvalue weighted by Gasteiger charge is 2.34. The summed E-state index contributed by atoms with van der Waals surface area (Å²) in [4.78, 5) is 28.5. The van der Waals surface area contributed by atoms with Crippen molar-refractivity contribution in [2.45, 2.75) is 44.7 Å². The van der Waals surface area contributed by atoms with Crippen LogP contribution in [-0.4, -0.2) is 51.4 Å². The minimum Gasteiger partial charge on any atom is -0.497 e. The number of hydrogen-bond donors (Lipinski definition) is 1. The van der Waals surface area contributed by atoms with Gasteiger partial charge < -0.3 is 15.0 Å². The number of ether oxygens (including phenoxy) is 1. The van der Waals surface area contributed by atoms with Crippen molar-refractivity contribution in [2.24, 2.45) is 0 Å². The van der Waals surface area contributed by atoms with Crippen molar-refractivity contribution in [3.05, 3.63) is 88.9 Å². The molecule has 3 rings (SSSR count). The second-order valence-corrected chi connectivity index (χ2v) is 11.2. The quantitative estimate of drug-likeness (QED) is 0.337. The first-order chi connectivity index (χ1) is 18.6. The normalized spacial score (nSPS) is 11.9. The van der Waals surface area contributed by atoms with Crippen LogP contribution in [-0.2, 0) is 26.2 Å². The Morgan fingerprint density at radius 2 is 1.69 bits per heavy atom. The largest absolute Gasteiger partial charge is 0.497 e. The minimum absolute atomic E-state index is 0.0345. The van der Waals surface area contributed by atoms with E-state index in [4.69, 9.17) is 16.3 Å². The van der Waals surface area contributed by atoms with Crippen LogP contribution in [0.15, 0.2) is 77.7 Å². The molecule has 3 aromatic carbocycles. The molecule has 1 atom stereocenters. The average Bonchev–Trinajstić information content (AvgIpc) is 2.94. The summed E-state index contributed by atoms with van der Waals surface area (Å²) >= 11 is 6.36. The van der Waals surface area contributed by atoms with E-state index in [0.717, 1.165) is 9.87 Å². The molecule has 39 heavy (non-hydrogen) atoms. The standard InChI is InChI=1S/C29H34ClN3O5S/c1-5-26(29(35)31-6-2)32(19-22-12-10-13-23(18-22)38-4)28(34)20-33(27-17-11-16-25(30)21(27)3)39(36,37)24-14-8-7-9-15-24/h7-18,26H,5-6,19-20H2,1-4H3,(H,31,35)/t26-/m0/s1. The first-order valence-electron chi connectivity index (χ1n) is 12.7. The molecule has 0 unspecified atom stereocenters. The molecular weight excluding hydrogens is 538 g/mol. The third kappa shape index (κ3) is 7.10. The predicted octanol–water partition coefficient (Wildman–Crippen LogP) is 4.80. The van der Waals surface area contributed by atoms with Crippen LogP contribution in [0, 0.1) is 6.92 Å². The highest BCUT2D eigenvalue weighted by Crippen LogP contribution is 2.31. The van der Waals surface area contributed by atoms with Crippen molar-refractivity contribution >= 4 is 39.1 Å². The Balaban J connectivity index is 2.10. The van der Waals surface area contributed by atoms with E-state index >= 15 is 0 Å². The molecule has 8 nitrogen and oxygen atoms in total. The molecular formula is C29H34ClN3O5S. The monoisotopic (exact) mass is 571 g/mol. The van der Waals surface area contributed by atoms with Crippen LogP contribution in [0.5, 0.6) is 5.75 Å². The zero-order chi connectivity index (χ0) is 28.6. The maximum atomic E-state index is 14.0. The first-order valence-corrected chi connectivity index (χ1v) is 14.5. The van der Waals surface area contributed by atoms with Crippen LogP contribution in [0.2, 0.25) is 5.02 Å². The summed E-state index contributed by atoms with van der Waals surface area (Å²) in [5, 5.41) is 3.16. The number of rotatable bonds is 12. The van der Waals surface area contributed by atoms with Gasteiger partial charge in [-0.3, -0.25) is 13.9 Å². The highest BCUT2D eigenvalue weighted by atomic mass is 35.5. The third-order valence-corrected chi connectivity index (χ3v) is 8.53. The van der Waals surface area contributed by atoms with Crippen molar-refractivity contribution in [3.63, 3.8) is 0 Å². The highest BCUT2D eigenvalue weighted by molar-refractivity contribution is 7.92. The van der Waals surface area contributed by atoms with Crippen LogP contribution in [0.1, 0.15) is 31.4 Å². The van der Waals surface area contributed by atoms with Gasteiger partial charge in [0, 0.05) is 18.1 Å². The van der Waals surface area contributed by atoms with Gasteiger partial charge in [0.25, 0.3) is 10.0 Å². The van der Waals surface area contributed by atoms with Crippen LogP contribution in [0.4, 0.5) is 5.69 Å². The molecule has 2 amide bonds. The summed E-state index contributed by atoms with van der Waals surface area (Å²) in [5.74, 6) is -0.240. The summed E-state index contributed by atoms with van der Waals surface area (Å²) in [5.41, 5.74) is 1.54. The number of nitrogens with one attached hydrogen (secondary N) is 1. The van der Waals surface area contributed by atoms with Gasteiger partial charge in [-0.15, -0.1) is 0 Å². The topological polar surface area (TPSA) is 96.0 Å². The Labute approximate surface area is 235 Å². The molecule has 0 aliphatic carbocycles. The van der Waals surface area contributed by atoms with Crippen molar-refractivity contribution in [1.82, 2.24) is 10.2 Å². The molecule has 0 bridgehead atoms. The Kier molecular flexibility index (Phi) is 10.4. The summed E-state index contributed by atoms with van der Waals surface area (Å²) in [6, 6.07) is 19.2. The lowest BCUT2D eigenvalue weighted by molar-refractivity contribution is -0.140. The molecule has 0 heterocycles. The fourth-order valence-corrected chi connectivity index (χ4v) is 5.94. The number of sulfonamides is 1. The molecule has 1 N–H and O–H groups in total. The van der Waals surface area contributed by atoms with Crippen LogP contribution >= 0.6 is 11.6 Å². The van der Waals surface area contributed by atoms with Gasteiger partial charge in [-0.25, -0.2) is 8.42 Å². The van der Waals surface area contributed by atoms with Gasteiger partial charge in [0.1, 0.15) is 18.3 Å². The predicted molar refractivity (Wildman–Crippen MR) is 153 cm³/mol. The van der Waals surface area contributed by atoms with Crippen LogP contribution < -0.4 is 14.4 Å². The third-order valence-electron chi connectivity index (χ3n) is 6.34. The van der Waals surface area contributed by atoms with E-state index in [2.05, 4.69) is 5.32 Å². The Morgan fingerprint density at radius 1 is 1.00 bits per heavy atom. The molecule has 0 fully saturated rings. The molecule has 0 aromatic heterocycles. The smallest absolute Gasteiger partial charge is 0.264 e. The molecule has 0 saturated heterocycles. The summed E-state index contributed by atoms with van der Waals surface area (Å²) in [7, 11) is -2.61. The Bertz CT molecular complexity index is 1400. The molecule has 3 aromatic rings. The average molecular weight is 572 g/mol. The van der Waals surface area contributed by atoms with E-state index in [1.807, 2.05) is 13.0 Å². The van der Waals surface area contributed by atoms with Crippen LogP contribution in [0.25, 0.3) is 0 Å². The number of benzene rings is 3. The van der Waals surface area contributed by atoms with E-state index in [-0.39, 0.29) is 23.0 Å². The van der Waals surface area contributed by atoms with Gasteiger partial charge in [0.05, 0.1) is 17.7 Å². The van der Waals surface area contributed by atoms with Gasteiger partial charge >= 0.3 is 0 Å². The van der Waals surface area contributed by atoms with Crippen molar-refractivity contribution in [2.75, 3.05) is 24.5 Å². The number of hydrogen-bond acceptors (Lipinski definition) is 5. The molecule has 0 aliphatic rings. The zero-order valence-electron chi connectivity index (χ0n) is 22.6. The lowest BCUT2D eigenvalue weighted by Gasteiger charge is -2.33. The minimum atomic E-state index is -4.16. The fraction of sp³-hybridized carbons (Fsp3) is 0.310. The first kappa shape index (κ1) is 30.0. The number of carbonyl (C=O) groups is 2. The van der Waals surface area contributed by atoms with Gasteiger partial charge in [0.15, 0.2) is 0 Å². The van der Waals surface area contributed by atoms with Crippen molar-refractivity contribution in [1.29, 1.82) is 0 Å². The summed E-state index contributed by atoms with van der Waals surface area (Å²) < 4.78 is 34.2. The van der Waals surface area contributed by atoms with E-state index in [9.17, 15) is 18.0 Å². The maximum absolute atomic E-state index is 14.0. The summed E-state index contributed by atoms with van der Waals surface area (Å²) in [6.07, 6.45) is 0.336. The lowest BCUT2D eigenvalue weighted by atomic mass is 10.1. The Hall–Kier alpha value is -3.56. The van der Waals surface area contributed by atoms with Crippen molar-refractivity contribution < 1.29 is 22.7 Å².